The standard InChI is InChI=1S/C13H19NO2S/c1-9-3-5-13(6-4-9,12(15)16)7-11-8-14-10(2)17-11/h8-9H,3-7H2,1-2H3,(H,15,16). The van der Waals surface area contributed by atoms with Crippen molar-refractivity contribution < 1.29 is 9.90 Å². The Morgan fingerprint density at radius 1 is 1.59 bits per heavy atom. The first-order valence-corrected chi connectivity index (χ1v) is 6.98. The molecule has 1 saturated carbocycles. The second kappa shape index (κ2) is 4.77. The molecule has 1 aromatic rings. The van der Waals surface area contributed by atoms with Crippen LogP contribution in [0, 0.1) is 18.3 Å². The molecule has 0 spiro atoms. The summed E-state index contributed by atoms with van der Waals surface area (Å²) in [6.45, 7) is 4.17. The fourth-order valence-electron chi connectivity index (χ4n) is 2.60. The molecule has 1 aliphatic rings. The van der Waals surface area contributed by atoms with Crippen LogP contribution in [0.25, 0.3) is 0 Å². The fraction of sp³-hybridized carbons (Fsp3) is 0.692. The molecule has 94 valence electrons. The molecule has 4 heteroatoms. The van der Waals surface area contributed by atoms with Crippen LogP contribution in [-0.4, -0.2) is 16.1 Å². The van der Waals surface area contributed by atoms with Crippen LogP contribution in [0.4, 0.5) is 0 Å². The number of hydrogen-bond acceptors (Lipinski definition) is 3. The van der Waals surface area contributed by atoms with Gasteiger partial charge in [-0.1, -0.05) is 6.92 Å². The summed E-state index contributed by atoms with van der Waals surface area (Å²) < 4.78 is 0. The Labute approximate surface area is 106 Å². The molecule has 0 atom stereocenters. The van der Waals surface area contributed by atoms with Gasteiger partial charge in [0.05, 0.1) is 10.4 Å². The van der Waals surface area contributed by atoms with Crippen LogP contribution in [0.5, 0.6) is 0 Å². The van der Waals surface area contributed by atoms with Gasteiger partial charge in [0.15, 0.2) is 0 Å². The minimum atomic E-state index is -0.629. The molecule has 0 bridgehead atoms. The molecule has 1 heterocycles. The molecule has 2 rings (SSSR count). The summed E-state index contributed by atoms with van der Waals surface area (Å²) in [5.74, 6) is 0.0427. The van der Waals surface area contributed by atoms with E-state index in [1.165, 1.54) is 0 Å². The Kier molecular flexibility index (Phi) is 3.52. The van der Waals surface area contributed by atoms with Crippen molar-refractivity contribution in [3.63, 3.8) is 0 Å². The highest BCUT2D eigenvalue weighted by molar-refractivity contribution is 7.11. The Morgan fingerprint density at radius 3 is 2.71 bits per heavy atom. The van der Waals surface area contributed by atoms with Gasteiger partial charge >= 0.3 is 5.97 Å². The van der Waals surface area contributed by atoms with E-state index in [2.05, 4.69) is 11.9 Å². The van der Waals surface area contributed by atoms with Crippen molar-refractivity contribution in [1.82, 2.24) is 4.98 Å². The van der Waals surface area contributed by atoms with Crippen LogP contribution < -0.4 is 0 Å². The van der Waals surface area contributed by atoms with Gasteiger partial charge in [-0.15, -0.1) is 11.3 Å². The molecule has 0 saturated heterocycles. The van der Waals surface area contributed by atoms with Gasteiger partial charge < -0.3 is 5.11 Å². The molecule has 1 aromatic heterocycles. The largest absolute Gasteiger partial charge is 0.481 e. The summed E-state index contributed by atoms with van der Waals surface area (Å²) in [6.07, 6.45) is 6.17. The Balaban J connectivity index is 2.15. The van der Waals surface area contributed by atoms with Crippen LogP contribution in [-0.2, 0) is 11.2 Å². The first-order chi connectivity index (χ1) is 8.02. The third kappa shape index (κ3) is 2.68. The number of hydrogen-bond donors (Lipinski definition) is 1. The maximum Gasteiger partial charge on any atom is 0.309 e. The highest BCUT2D eigenvalue weighted by Crippen LogP contribution is 2.42. The zero-order chi connectivity index (χ0) is 12.5. The van der Waals surface area contributed by atoms with Gasteiger partial charge in [0.25, 0.3) is 0 Å². The van der Waals surface area contributed by atoms with E-state index in [-0.39, 0.29) is 0 Å². The van der Waals surface area contributed by atoms with Crippen molar-refractivity contribution >= 4 is 17.3 Å². The fourth-order valence-corrected chi connectivity index (χ4v) is 3.54. The molecule has 0 aromatic carbocycles. The number of nitrogens with zero attached hydrogens (tertiary/aromatic N) is 1. The number of carboxylic acid groups (broad SMARTS) is 1. The molecule has 0 unspecified atom stereocenters. The van der Waals surface area contributed by atoms with E-state index in [0.717, 1.165) is 35.6 Å². The molecule has 1 aliphatic carbocycles. The minimum absolute atomic E-state index is 0.536. The molecule has 3 nitrogen and oxygen atoms in total. The predicted octanol–water partition coefficient (Wildman–Crippen LogP) is 3.28. The Hall–Kier alpha value is -0.900. The van der Waals surface area contributed by atoms with E-state index < -0.39 is 11.4 Å². The average molecular weight is 253 g/mol. The van der Waals surface area contributed by atoms with Gasteiger partial charge in [0, 0.05) is 11.1 Å². The second-order valence-electron chi connectivity index (χ2n) is 5.29. The van der Waals surface area contributed by atoms with Gasteiger partial charge in [-0.3, -0.25) is 4.79 Å². The molecular formula is C13H19NO2S. The quantitative estimate of drug-likeness (QED) is 0.899. The maximum absolute atomic E-state index is 11.6. The van der Waals surface area contributed by atoms with Gasteiger partial charge in [-0.2, -0.15) is 0 Å². The van der Waals surface area contributed by atoms with Gasteiger partial charge in [-0.25, -0.2) is 4.98 Å². The zero-order valence-electron chi connectivity index (χ0n) is 10.4. The Morgan fingerprint density at radius 2 is 2.24 bits per heavy atom. The van der Waals surface area contributed by atoms with E-state index >= 15 is 0 Å². The molecule has 17 heavy (non-hydrogen) atoms. The van der Waals surface area contributed by atoms with E-state index in [4.69, 9.17) is 0 Å². The summed E-state index contributed by atoms with van der Waals surface area (Å²) in [6, 6.07) is 0. The van der Waals surface area contributed by atoms with E-state index in [9.17, 15) is 9.90 Å². The molecule has 0 radical (unpaired) electrons. The van der Waals surface area contributed by atoms with Crippen molar-refractivity contribution in [2.45, 2.75) is 46.0 Å². The molecule has 0 amide bonds. The van der Waals surface area contributed by atoms with E-state index in [1.807, 2.05) is 13.1 Å². The highest BCUT2D eigenvalue weighted by atomic mass is 32.1. The van der Waals surface area contributed by atoms with Gasteiger partial charge in [0.1, 0.15) is 0 Å². The monoisotopic (exact) mass is 253 g/mol. The lowest BCUT2D eigenvalue weighted by Gasteiger charge is -2.35. The van der Waals surface area contributed by atoms with Crippen molar-refractivity contribution in [1.29, 1.82) is 0 Å². The van der Waals surface area contributed by atoms with Crippen LogP contribution in [0.3, 0.4) is 0 Å². The SMILES string of the molecule is Cc1ncc(CC2(C(=O)O)CCC(C)CC2)s1. The summed E-state index contributed by atoms with van der Waals surface area (Å²) in [4.78, 5) is 16.9. The molecular weight excluding hydrogens is 234 g/mol. The number of carboxylic acids is 1. The summed E-state index contributed by atoms with van der Waals surface area (Å²) in [7, 11) is 0. The minimum Gasteiger partial charge on any atom is -0.481 e. The topological polar surface area (TPSA) is 50.2 Å². The normalized spacial score (nSPS) is 29.2. The van der Waals surface area contributed by atoms with Crippen molar-refractivity contribution in [3.05, 3.63) is 16.1 Å². The third-order valence-corrected chi connectivity index (χ3v) is 4.78. The zero-order valence-corrected chi connectivity index (χ0v) is 11.2. The van der Waals surface area contributed by atoms with E-state index in [0.29, 0.717) is 12.3 Å². The van der Waals surface area contributed by atoms with Crippen LogP contribution in [0.1, 0.15) is 42.5 Å². The van der Waals surface area contributed by atoms with Crippen LogP contribution >= 0.6 is 11.3 Å². The number of carbonyl (C=O) groups is 1. The van der Waals surface area contributed by atoms with Gasteiger partial charge in [-0.05, 0) is 44.9 Å². The van der Waals surface area contributed by atoms with Gasteiger partial charge in [0.2, 0.25) is 0 Å². The lowest BCUT2D eigenvalue weighted by molar-refractivity contribution is -0.151. The Bertz CT molecular complexity index is 405. The highest BCUT2D eigenvalue weighted by Gasteiger charge is 2.41. The number of aromatic nitrogens is 1. The van der Waals surface area contributed by atoms with Crippen molar-refractivity contribution in [2.24, 2.45) is 11.3 Å². The second-order valence-corrected chi connectivity index (χ2v) is 6.61. The van der Waals surface area contributed by atoms with E-state index in [1.54, 1.807) is 11.3 Å². The third-order valence-electron chi connectivity index (χ3n) is 3.87. The van der Waals surface area contributed by atoms with Crippen LogP contribution in [0.2, 0.25) is 0 Å². The number of rotatable bonds is 3. The molecule has 1 fully saturated rings. The van der Waals surface area contributed by atoms with Crippen molar-refractivity contribution in [3.8, 4) is 0 Å². The number of thiazole rings is 1. The maximum atomic E-state index is 11.6. The summed E-state index contributed by atoms with van der Waals surface area (Å²) in [5.41, 5.74) is -0.536. The lowest BCUT2D eigenvalue weighted by Crippen LogP contribution is -2.36. The summed E-state index contributed by atoms with van der Waals surface area (Å²) in [5, 5.41) is 10.5. The first kappa shape index (κ1) is 12.6. The lowest BCUT2D eigenvalue weighted by atomic mass is 9.69. The predicted molar refractivity (Wildman–Crippen MR) is 68.3 cm³/mol. The average Bonchev–Trinajstić information content (AvgIpc) is 2.67. The summed E-state index contributed by atoms with van der Waals surface area (Å²) >= 11 is 1.62. The smallest absolute Gasteiger partial charge is 0.309 e. The van der Waals surface area contributed by atoms with Crippen LogP contribution in [0.15, 0.2) is 6.20 Å². The number of aliphatic carboxylic acids is 1. The molecule has 1 N–H and O–H groups in total. The molecule has 0 aliphatic heterocycles. The number of aryl methyl sites for hydroxylation is 1. The van der Waals surface area contributed by atoms with Crippen molar-refractivity contribution in [2.75, 3.05) is 0 Å². The first-order valence-electron chi connectivity index (χ1n) is 6.16.